The van der Waals surface area contributed by atoms with Crippen LogP contribution in [0, 0.1) is 6.92 Å². The average Bonchev–Trinajstić information content (AvgIpc) is 2.17. The molecule has 1 heterocycles. The minimum atomic E-state index is 0. The lowest BCUT2D eigenvalue weighted by Gasteiger charge is -2.03. The molecule has 0 aliphatic carbocycles. The van der Waals surface area contributed by atoms with Crippen LogP contribution in [-0.2, 0) is 7.05 Å². The van der Waals surface area contributed by atoms with E-state index in [4.69, 9.17) is 5.73 Å². The molecule has 0 amide bonds. The molecule has 0 saturated heterocycles. The summed E-state index contributed by atoms with van der Waals surface area (Å²) in [6.07, 6.45) is 0. The van der Waals surface area contributed by atoms with E-state index in [0.717, 1.165) is 23.7 Å². The predicted octanol–water partition coefficient (Wildman–Crippen LogP) is 1.16. The standard InChI is InChI=1S/C7H14N4.ClH/c1-4-9-7-6(8)5(2)10-11(7)3;/h9H,4,8H2,1-3H3;1H. The lowest BCUT2D eigenvalue weighted by molar-refractivity contribution is 0.760. The molecule has 0 radical (unpaired) electrons. The second-order valence-electron chi connectivity index (χ2n) is 2.50. The summed E-state index contributed by atoms with van der Waals surface area (Å²) in [7, 11) is 1.88. The molecule has 3 N–H and O–H groups in total. The zero-order chi connectivity index (χ0) is 8.43. The minimum Gasteiger partial charge on any atom is -0.394 e. The Balaban J connectivity index is 0.00000121. The van der Waals surface area contributed by atoms with Crippen LogP contribution in [0.4, 0.5) is 11.5 Å². The van der Waals surface area contributed by atoms with Gasteiger partial charge in [0.1, 0.15) is 5.82 Å². The Labute approximate surface area is 78.5 Å². The molecule has 0 spiro atoms. The van der Waals surface area contributed by atoms with E-state index in [0.29, 0.717) is 0 Å². The smallest absolute Gasteiger partial charge is 0.147 e. The van der Waals surface area contributed by atoms with E-state index in [1.54, 1.807) is 4.68 Å². The third kappa shape index (κ3) is 1.82. The van der Waals surface area contributed by atoms with Gasteiger partial charge in [0, 0.05) is 13.6 Å². The van der Waals surface area contributed by atoms with Crippen LogP contribution in [0.5, 0.6) is 0 Å². The Morgan fingerprint density at radius 1 is 1.58 bits per heavy atom. The van der Waals surface area contributed by atoms with Gasteiger partial charge < -0.3 is 11.1 Å². The number of nitrogens with zero attached hydrogens (tertiary/aromatic N) is 2. The summed E-state index contributed by atoms with van der Waals surface area (Å²) in [5, 5.41) is 7.30. The summed E-state index contributed by atoms with van der Waals surface area (Å²) >= 11 is 0. The van der Waals surface area contributed by atoms with Crippen LogP contribution in [0.2, 0.25) is 0 Å². The number of aromatic nitrogens is 2. The molecule has 12 heavy (non-hydrogen) atoms. The van der Waals surface area contributed by atoms with Crippen molar-refractivity contribution in [2.45, 2.75) is 13.8 Å². The SMILES string of the molecule is CCNc1c(N)c(C)nn1C.Cl. The highest BCUT2D eigenvalue weighted by Crippen LogP contribution is 2.19. The van der Waals surface area contributed by atoms with Crippen molar-refractivity contribution in [2.24, 2.45) is 7.05 Å². The molecule has 0 fully saturated rings. The van der Waals surface area contributed by atoms with Gasteiger partial charge in [0.2, 0.25) is 0 Å². The normalized spacial score (nSPS) is 9.25. The summed E-state index contributed by atoms with van der Waals surface area (Å²) in [5.74, 6) is 0.907. The molecule has 1 aromatic rings. The van der Waals surface area contributed by atoms with E-state index in [2.05, 4.69) is 10.4 Å². The summed E-state index contributed by atoms with van der Waals surface area (Å²) in [5.41, 5.74) is 7.37. The largest absolute Gasteiger partial charge is 0.394 e. The summed E-state index contributed by atoms with van der Waals surface area (Å²) < 4.78 is 1.76. The third-order valence-corrected chi connectivity index (χ3v) is 1.61. The van der Waals surface area contributed by atoms with Crippen LogP contribution in [0.15, 0.2) is 0 Å². The van der Waals surface area contributed by atoms with Crippen molar-refractivity contribution in [1.82, 2.24) is 9.78 Å². The van der Waals surface area contributed by atoms with Crippen LogP contribution < -0.4 is 11.1 Å². The van der Waals surface area contributed by atoms with Crippen molar-refractivity contribution in [3.8, 4) is 0 Å². The number of nitrogens with one attached hydrogen (secondary N) is 1. The molecule has 0 aromatic carbocycles. The second kappa shape index (κ2) is 4.21. The van der Waals surface area contributed by atoms with E-state index < -0.39 is 0 Å². The average molecular weight is 191 g/mol. The molecule has 0 unspecified atom stereocenters. The van der Waals surface area contributed by atoms with Gasteiger partial charge in [0.15, 0.2) is 0 Å². The van der Waals surface area contributed by atoms with Crippen molar-refractivity contribution in [3.05, 3.63) is 5.69 Å². The molecule has 0 bridgehead atoms. The van der Waals surface area contributed by atoms with Crippen molar-refractivity contribution in [3.63, 3.8) is 0 Å². The minimum absolute atomic E-state index is 0. The van der Waals surface area contributed by atoms with Crippen molar-refractivity contribution >= 4 is 23.9 Å². The number of hydrogen-bond donors (Lipinski definition) is 2. The molecular formula is C7H15ClN4. The maximum Gasteiger partial charge on any atom is 0.147 e. The number of hydrogen-bond acceptors (Lipinski definition) is 3. The van der Waals surface area contributed by atoms with Crippen molar-refractivity contribution in [2.75, 3.05) is 17.6 Å². The van der Waals surface area contributed by atoms with E-state index in [1.165, 1.54) is 0 Å². The first-order chi connectivity index (χ1) is 5.16. The zero-order valence-corrected chi connectivity index (χ0v) is 8.40. The topological polar surface area (TPSA) is 55.9 Å². The molecule has 70 valence electrons. The monoisotopic (exact) mass is 190 g/mol. The van der Waals surface area contributed by atoms with Crippen LogP contribution in [-0.4, -0.2) is 16.3 Å². The van der Waals surface area contributed by atoms with Crippen molar-refractivity contribution in [1.29, 1.82) is 0 Å². The van der Waals surface area contributed by atoms with Gasteiger partial charge in [-0.3, -0.25) is 4.68 Å². The van der Waals surface area contributed by atoms with Gasteiger partial charge in [-0.2, -0.15) is 5.10 Å². The highest BCUT2D eigenvalue weighted by Gasteiger charge is 2.07. The molecule has 4 nitrogen and oxygen atoms in total. The van der Waals surface area contributed by atoms with Crippen molar-refractivity contribution < 1.29 is 0 Å². The number of rotatable bonds is 2. The maximum absolute atomic E-state index is 5.74. The van der Waals surface area contributed by atoms with Crippen LogP contribution in [0.25, 0.3) is 0 Å². The number of aryl methyl sites for hydroxylation is 2. The van der Waals surface area contributed by atoms with E-state index >= 15 is 0 Å². The highest BCUT2D eigenvalue weighted by molar-refractivity contribution is 5.85. The Morgan fingerprint density at radius 2 is 2.17 bits per heavy atom. The van der Waals surface area contributed by atoms with Crippen LogP contribution in [0.1, 0.15) is 12.6 Å². The van der Waals surface area contributed by atoms with Gasteiger partial charge in [-0.05, 0) is 13.8 Å². The highest BCUT2D eigenvalue weighted by atomic mass is 35.5. The van der Waals surface area contributed by atoms with Gasteiger partial charge in [-0.25, -0.2) is 0 Å². The first-order valence-corrected chi connectivity index (χ1v) is 3.69. The predicted molar refractivity (Wildman–Crippen MR) is 53.8 cm³/mol. The first kappa shape index (κ1) is 11.1. The van der Waals surface area contributed by atoms with Gasteiger partial charge in [-0.15, -0.1) is 12.4 Å². The molecule has 1 aromatic heterocycles. The second-order valence-corrected chi connectivity index (χ2v) is 2.50. The fourth-order valence-corrected chi connectivity index (χ4v) is 1.05. The lowest BCUT2D eigenvalue weighted by Crippen LogP contribution is -2.04. The van der Waals surface area contributed by atoms with E-state index in [-0.39, 0.29) is 12.4 Å². The Bertz CT molecular complexity index is 256. The fourth-order valence-electron chi connectivity index (χ4n) is 1.05. The lowest BCUT2D eigenvalue weighted by atomic mass is 10.4. The van der Waals surface area contributed by atoms with Gasteiger partial charge in [0.05, 0.1) is 11.4 Å². The number of halogens is 1. The summed E-state index contributed by atoms with van der Waals surface area (Å²) in [6.45, 7) is 4.79. The first-order valence-electron chi connectivity index (χ1n) is 3.69. The third-order valence-electron chi connectivity index (χ3n) is 1.61. The molecular weight excluding hydrogens is 176 g/mol. The Morgan fingerprint density at radius 3 is 2.50 bits per heavy atom. The molecule has 1 rings (SSSR count). The van der Waals surface area contributed by atoms with Crippen LogP contribution in [0.3, 0.4) is 0 Å². The van der Waals surface area contributed by atoms with Gasteiger partial charge in [-0.1, -0.05) is 0 Å². The fraction of sp³-hybridized carbons (Fsp3) is 0.571. The quantitative estimate of drug-likeness (QED) is 0.736. The molecule has 5 heteroatoms. The zero-order valence-electron chi connectivity index (χ0n) is 7.59. The Hall–Kier alpha value is -0.900. The molecule has 0 aliphatic heterocycles. The van der Waals surface area contributed by atoms with E-state index in [9.17, 15) is 0 Å². The summed E-state index contributed by atoms with van der Waals surface area (Å²) in [6, 6.07) is 0. The number of nitrogens with two attached hydrogens (primary N) is 1. The summed E-state index contributed by atoms with van der Waals surface area (Å²) in [4.78, 5) is 0. The molecule has 0 aliphatic rings. The Kier molecular flexibility index (Phi) is 3.89. The van der Waals surface area contributed by atoms with E-state index in [1.807, 2.05) is 20.9 Å². The number of anilines is 2. The van der Waals surface area contributed by atoms with Gasteiger partial charge >= 0.3 is 0 Å². The van der Waals surface area contributed by atoms with Gasteiger partial charge in [0.25, 0.3) is 0 Å². The van der Waals surface area contributed by atoms with Crippen LogP contribution >= 0.6 is 12.4 Å². The number of nitrogen functional groups attached to an aromatic ring is 1. The molecule has 0 atom stereocenters. The maximum atomic E-state index is 5.74. The molecule has 0 saturated carbocycles.